The monoisotopic (exact) mass is 528 g/mol. The van der Waals surface area contributed by atoms with Gasteiger partial charge in [0.2, 0.25) is 5.88 Å². The summed E-state index contributed by atoms with van der Waals surface area (Å²) >= 11 is 12.4. The van der Waals surface area contributed by atoms with E-state index < -0.39 is 5.91 Å². The standard InChI is InChI=1S/C28H18Cl2N4O3/c1-16-23-25(26(35)17-7-3-2-4-8-17)24-22(32-33(27(24)36)20-11-5-9-18(29)13-20)15-37-28(23)34(31-16)21-12-6-10-19(30)14-21/h2-14H,15H2,1H3. The maximum absolute atomic E-state index is 14.0. The Hall–Kier alpha value is -4.20. The molecule has 37 heavy (non-hydrogen) atoms. The number of anilines is 1. The topological polar surface area (TPSA) is 76.8 Å². The van der Waals surface area contributed by atoms with Gasteiger partial charge in [-0.3, -0.25) is 9.59 Å². The number of Topliss-reactive ketones (excluding diaryl/α,β-unsaturated/α-hetero) is 1. The summed E-state index contributed by atoms with van der Waals surface area (Å²) in [4.78, 5) is 27.9. The summed E-state index contributed by atoms with van der Waals surface area (Å²) in [7, 11) is 0. The third kappa shape index (κ3) is 3.93. The van der Waals surface area contributed by atoms with Crippen LogP contribution in [0.2, 0.25) is 10.0 Å². The molecular weight excluding hydrogens is 511 g/mol. The number of ether oxygens (including phenoxy) is 1. The molecule has 0 aliphatic carbocycles. The molecule has 1 amide bonds. The fourth-order valence-corrected chi connectivity index (χ4v) is 4.88. The van der Waals surface area contributed by atoms with Crippen LogP contribution in [0.15, 0.2) is 89.5 Å². The zero-order chi connectivity index (χ0) is 25.7. The Kier molecular flexibility index (Phi) is 5.67. The molecular formula is C28H18Cl2N4O3. The third-order valence-corrected chi connectivity index (χ3v) is 6.62. The SMILES string of the molecule is Cc1nn(-c2cccc(Cl)c2)c2c1C(C(=O)c1ccccc1)=C1C(=O)N(c3cccc(Cl)c3)N=C1CO2. The number of hydrogen-bond acceptors (Lipinski definition) is 5. The number of hydrazone groups is 1. The quantitative estimate of drug-likeness (QED) is 0.308. The van der Waals surface area contributed by atoms with Gasteiger partial charge in [-0.2, -0.15) is 15.2 Å². The lowest BCUT2D eigenvalue weighted by atomic mass is 9.90. The lowest BCUT2D eigenvalue weighted by molar-refractivity contribution is -0.114. The van der Waals surface area contributed by atoms with Crippen molar-refractivity contribution in [3.8, 4) is 11.6 Å². The minimum atomic E-state index is -0.442. The van der Waals surface area contributed by atoms with Crippen molar-refractivity contribution in [1.29, 1.82) is 0 Å². The summed E-state index contributed by atoms with van der Waals surface area (Å²) in [6.45, 7) is 1.74. The van der Waals surface area contributed by atoms with Crippen molar-refractivity contribution in [2.45, 2.75) is 6.92 Å². The number of halogens is 2. The minimum absolute atomic E-state index is 0.0393. The molecule has 0 atom stereocenters. The Morgan fingerprint density at radius 2 is 1.59 bits per heavy atom. The first-order valence-corrected chi connectivity index (χ1v) is 12.2. The van der Waals surface area contributed by atoms with Crippen LogP contribution in [0.4, 0.5) is 5.69 Å². The second kappa shape index (κ2) is 9.03. The van der Waals surface area contributed by atoms with Crippen molar-refractivity contribution in [3.63, 3.8) is 0 Å². The Balaban J connectivity index is 1.59. The second-order valence-corrected chi connectivity index (χ2v) is 9.41. The lowest BCUT2D eigenvalue weighted by Gasteiger charge is -2.14. The molecule has 182 valence electrons. The van der Waals surface area contributed by atoms with Gasteiger partial charge in [-0.25, -0.2) is 4.68 Å². The summed E-state index contributed by atoms with van der Waals surface area (Å²) in [5, 5.41) is 11.5. The fourth-order valence-electron chi connectivity index (χ4n) is 4.51. The maximum Gasteiger partial charge on any atom is 0.281 e. The van der Waals surface area contributed by atoms with Gasteiger partial charge in [0.05, 0.1) is 33.8 Å². The molecule has 0 radical (unpaired) electrons. The van der Waals surface area contributed by atoms with E-state index in [9.17, 15) is 9.59 Å². The molecule has 6 rings (SSSR count). The molecule has 7 nitrogen and oxygen atoms in total. The van der Waals surface area contributed by atoms with Crippen LogP contribution in [0.5, 0.6) is 5.88 Å². The second-order valence-electron chi connectivity index (χ2n) is 8.53. The number of fused-ring (bicyclic) bond motifs is 2. The first-order chi connectivity index (χ1) is 17.9. The highest BCUT2D eigenvalue weighted by molar-refractivity contribution is 6.45. The summed E-state index contributed by atoms with van der Waals surface area (Å²) in [6.07, 6.45) is 0. The molecule has 0 fully saturated rings. The largest absolute Gasteiger partial charge is 0.471 e. The van der Waals surface area contributed by atoms with Crippen molar-refractivity contribution in [2.75, 3.05) is 11.6 Å². The van der Waals surface area contributed by atoms with Crippen LogP contribution in [0.3, 0.4) is 0 Å². The molecule has 9 heteroatoms. The van der Waals surface area contributed by atoms with Crippen LogP contribution in [0.1, 0.15) is 21.6 Å². The van der Waals surface area contributed by atoms with Crippen LogP contribution in [-0.2, 0) is 4.79 Å². The van der Waals surface area contributed by atoms with Gasteiger partial charge >= 0.3 is 0 Å². The molecule has 1 aromatic heterocycles. The molecule has 3 aromatic carbocycles. The first kappa shape index (κ1) is 23.2. The smallest absolute Gasteiger partial charge is 0.281 e. The van der Waals surface area contributed by atoms with Crippen LogP contribution < -0.4 is 9.75 Å². The highest BCUT2D eigenvalue weighted by atomic mass is 35.5. The van der Waals surface area contributed by atoms with E-state index in [0.717, 1.165) is 0 Å². The third-order valence-electron chi connectivity index (χ3n) is 6.15. The van der Waals surface area contributed by atoms with E-state index in [1.54, 1.807) is 78.3 Å². The summed E-state index contributed by atoms with van der Waals surface area (Å²) in [6, 6.07) is 22.8. The number of nitrogens with zero attached hydrogens (tertiary/aromatic N) is 4. The normalized spacial score (nSPS) is 14.6. The van der Waals surface area contributed by atoms with Gasteiger partial charge in [-0.05, 0) is 43.3 Å². The number of allylic oxidation sites excluding steroid dienone is 1. The molecule has 2 aliphatic rings. The van der Waals surface area contributed by atoms with Crippen LogP contribution in [-0.4, -0.2) is 33.8 Å². The Labute approximate surface area is 222 Å². The van der Waals surface area contributed by atoms with Crippen LogP contribution in [0.25, 0.3) is 11.3 Å². The molecule has 0 saturated carbocycles. The highest BCUT2D eigenvalue weighted by Crippen LogP contribution is 2.41. The minimum Gasteiger partial charge on any atom is -0.471 e. The molecule has 0 saturated heterocycles. The zero-order valence-electron chi connectivity index (χ0n) is 19.5. The van der Waals surface area contributed by atoms with Gasteiger partial charge in [0.25, 0.3) is 5.91 Å². The number of ketones is 1. The predicted octanol–water partition coefficient (Wildman–Crippen LogP) is 5.92. The van der Waals surface area contributed by atoms with Gasteiger partial charge in [0.15, 0.2) is 5.78 Å². The van der Waals surface area contributed by atoms with E-state index in [-0.39, 0.29) is 23.5 Å². The van der Waals surface area contributed by atoms with Crippen LogP contribution >= 0.6 is 23.2 Å². The van der Waals surface area contributed by atoms with E-state index in [1.165, 1.54) is 5.01 Å². The Bertz CT molecular complexity index is 1660. The van der Waals surface area contributed by atoms with E-state index >= 15 is 0 Å². The zero-order valence-corrected chi connectivity index (χ0v) is 21.0. The molecule has 0 spiro atoms. The molecule has 3 heterocycles. The first-order valence-electron chi connectivity index (χ1n) is 11.4. The highest BCUT2D eigenvalue weighted by Gasteiger charge is 2.41. The molecule has 0 bridgehead atoms. The lowest BCUT2D eigenvalue weighted by Crippen LogP contribution is -2.23. The summed E-state index contributed by atoms with van der Waals surface area (Å²) in [5.41, 5.74) is 3.27. The number of carbonyl (C=O) groups excluding carboxylic acids is 2. The van der Waals surface area contributed by atoms with Gasteiger partial charge < -0.3 is 4.74 Å². The fraction of sp³-hybridized carbons (Fsp3) is 0.0714. The van der Waals surface area contributed by atoms with E-state index in [1.807, 2.05) is 12.1 Å². The number of benzene rings is 3. The van der Waals surface area contributed by atoms with Gasteiger partial charge in [-0.1, -0.05) is 65.7 Å². The maximum atomic E-state index is 14.0. The van der Waals surface area contributed by atoms with E-state index in [2.05, 4.69) is 10.2 Å². The average molecular weight is 529 g/mol. The van der Waals surface area contributed by atoms with Gasteiger partial charge in [0, 0.05) is 15.6 Å². The predicted molar refractivity (Wildman–Crippen MR) is 143 cm³/mol. The molecule has 2 aliphatic heterocycles. The van der Waals surface area contributed by atoms with E-state index in [4.69, 9.17) is 27.9 Å². The Morgan fingerprint density at radius 1 is 0.919 bits per heavy atom. The summed E-state index contributed by atoms with van der Waals surface area (Å²) < 4.78 is 7.80. The number of amides is 1. The molecule has 4 aromatic rings. The Morgan fingerprint density at radius 3 is 2.30 bits per heavy atom. The van der Waals surface area contributed by atoms with Crippen molar-refractivity contribution < 1.29 is 14.3 Å². The van der Waals surface area contributed by atoms with Gasteiger partial charge in [0.1, 0.15) is 12.3 Å². The number of hydrogen-bond donors (Lipinski definition) is 0. The van der Waals surface area contributed by atoms with Crippen molar-refractivity contribution in [3.05, 3.63) is 111 Å². The van der Waals surface area contributed by atoms with Gasteiger partial charge in [-0.15, -0.1) is 0 Å². The number of aromatic nitrogens is 2. The van der Waals surface area contributed by atoms with E-state index in [0.29, 0.717) is 49.8 Å². The van der Waals surface area contributed by atoms with Crippen molar-refractivity contribution in [1.82, 2.24) is 9.78 Å². The van der Waals surface area contributed by atoms with Crippen LogP contribution in [0, 0.1) is 6.92 Å². The summed E-state index contributed by atoms with van der Waals surface area (Å²) in [5.74, 6) is -0.432. The number of aryl methyl sites for hydroxylation is 1. The average Bonchev–Trinajstić information content (AvgIpc) is 3.34. The number of rotatable bonds is 4. The number of carbonyl (C=O) groups is 2. The van der Waals surface area contributed by atoms with Crippen molar-refractivity contribution >= 4 is 51.9 Å². The molecule has 0 N–H and O–H groups in total. The molecule has 0 unspecified atom stereocenters. The van der Waals surface area contributed by atoms with Crippen molar-refractivity contribution in [2.24, 2.45) is 5.10 Å².